The van der Waals surface area contributed by atoms with Gasteiger partial charge in [-0.15, -0.1) is 0 Å². The van der Waals surface area contributed by atoms with Crippen molar-refractivity contribution in [2.24, 2.45) is 0 Å². The van der Waals surface area contributed by atoms with Crippen LogP contribution in [0.5, 0.6) is 0 Å². The molecule has 0 N–H and O–H groups in total. The molecule has 0 unspecified atom stereocenters. The van der Waals surface area contributed by atoms with Gasteiger partial charge < -0.3 is 0 Å². The topological polar surface area (TPSA) is 0 Å². The maximum absolute atomic E-state index is 5.15. The van der Waals surface area contributed by atoms with Crippen molar-refractivity contribution in [3.8, 4) is 22.3 Å². The lowest BCUT2D eigenvalue weighted by molar-refractivity contribution is 1.60. The molecule has 7 rings (SSSR count). The summed E-state index contributed by atoms with van der Waals surface area (Å²) in [5, 5.41) is 7.54. The Morgan fingerprint density at radius 1 is 0.239 bits per heavy atom. The SMILES string of the molecule is C=P(c1ccccc1)(c1ccccc1)c1cc(-c2cccc(-c3ccccc3)c2)cc(P(=C)(c2ccccc2)c2ccccc2)c1. The maximum atomic E-state index is 5.15. The molecule has 0 aliphatic heterocycles. The number of benzene rings is 7. The molecule has 0 aliphatic carbocycles. The smallest absolute Gasteiger partial charge is 0.0153 e. The molecule has 222 valence electrons. The molecular formula is C44H36P2. The highest BCUT2D eigenvalue weighted by Crippen LogP contribution is 2.46. The monoisotopic (exact) mass is 626 g/mol. The zero-order valence-corrected chi connectivity index (χ0v) is 27.6. The van der Waals surface area contributed by atoms with Crippen LogP contribution in [0.2, 0.25) is 0 Å². The van der Waals surface area contributed by atoms with E-state index in [-0.39, 0.29) is 0 Å². The van der Waals surface area contributed by atoms with Crippen LogP contribution in [0.3, 0.4) is 0 Å². The van der Waals surface area contributed by atoms with Gasteiger partial charge in [-0.25, -0.2) is 0 Å². The zero-order chi connectivity index (χ0) is 31.4. The summed E-state index contributed by atoms with van der Waals surface area (Å²) in [5.74, 6) is 0. The van der Waals surface area contributed by atoms with E-state index in [9.17, 15) is 0 Å². The van der Waals surface area contributed by atoms with Crippen LogP contribution in [0.4, 0.5) is 0 Å². The normalized spacial score (nSPS) is 11.7. The highest BCUT2D eigenvalue weighted by molar-refractivity contribution is 7.94. The predicted octanol–water partition coefficient (Wildman–Crippen LogP) is 8.47. The minimum Gasteiger partial charge on any atom is -0.0887 e. The number of hydrogen-bond acceptors (Lipinski definition) is 0. The van der Waals surface area contributed by atoms with Gasteiger partial charge in [0.25, 0.3) is 0 Å². The van der Waals surface area contributed by atoms with E-state index in [1.165, 1.54) is 54.1 Å². The van der Waals surface area contributed by atoms with Crippen LogP contribution in [-0.2, 0) is 0 Å². The quantitative estimate of drug-likeness (QED) is 0.149. The number of rotatable bonds is 8. The average molecular weight is 627 g/mol. The lowest BCUT2D eigenvalue weighted by Crippen LogP contribution is -2.31. The Labute approximate surface area is 273 Å². The second-order valence-corrected chi connectivity index (χ2v) is 18.0. The van der Waals surface area contributed by atoms with Gasteiger partial charge in [0.2, 0.25) is 0 Å². The molecule has 0 aromatic heterocycles. The Kier molecular flexibility index (Phi) is 8.34. The van der Waals surface area contributed by atoms with Crippen LogP contribution in [0.15, 0.2) is 194 Å². The van der Waals surface area contributed by atoms with Crippen LogP contribution in [-0.4, -0.2) is 12.6 Å². The molecule has 0 radical (unpaired) electrons. The molecule has 46 heavy (non-hydrogen) atoms. The molecule has 0 heterocycles. The third kappa shape index (κ3) is 5.57. The summed E-state index contributed by atoms with van der Waals surface area (Å²) in [4.78, 5) is 0. The van der Waals surface area contributed by atoms with Crippen LogP contribution < -0.4 is 31.8 Å². The first-order valence-electron chi connectivity index (χ1n) is 15.6. The Morgan fingerprint density at radius 2 is 0.543 bits per heavy atom. The Bertz CT molecular complexity index is 1970. The molecule has 0 saturated heterocycles. The molecule has 0 spiro atoms. The molecule has 7 aromatic carbocycles. The van der Waals surface area contributed by atoms with Crippen molar-refractivity contribution in [2.75, 3.05) is 0 Å². The van der Waals surface area contributed by atoms with Crippen LogP contribution in [0, 0.1) is 0 Å². The predicted molar refractivity (Wildman–Crippen MR) is 209 cm³/mol. The van der Waals surface area contributed by atoms with Crippen molar-refractivity contribution in [2.45, 2.75) is 0 Å². The Morgan fingerprint density at radius 3 is 0.913 bits per heavy atom. The van der Waals surface area contributed by atoms with Crippen molar-refractivity contribution in [1.29, 1.82) is 0 Å². The van der Waals surface area contributed by atoms with Crippen LogP contribution in [0.1, 0.15) is 0 Å². The van der Waals surface area contributed by atoms with Gasteiger partial charge in [-0.05, 0) is 92.1 Å². The summed E-state index contributed by atoms with van der Waals surface area (Å²) in [6, 6.07) is 70.2. The van der Waals surface area contributed by atoms with E-state index in [1.54, 1.807) is 0 Å². The molecule has 0 nitrogen and oxygen atoms in total. The van der Waals surface area contributed by atoms with Crippen LogP contribution in [0.25, 0.3) is 22.3 Å². The summed E-state index contributed by atoms with van der Waals surface area (Å²) >= 11 is 0. The Balaban J connectivity index is 1.55. The zero-order valence-electron chi connectivity index (χ0n) is 25.8. The fourth-order valence-electron chi connectivity index (χ4n) is 6.34. The van der Waals surface area contributed by atoms with Crippen molar-refractivity contribution >= 4 is 58.2 Å². The first-order chi connectivity index (χ1) is 22.6. The first kappa shape index (κ1) is 29.8. The van der Waals surface area contributed by atoms with Crippen molar-refractivity contribution < 1.29 is 0 Å². The third-order valence-corrected chi connectivity index (χ3v) is 15.9. The molecule has 2 heteroatoms. The molecule has 7 aromatic rings. The van der Waals surface area contributed by atoms with Crippen molar-refractivity contribution in [1.82, 2.24) is 0 Å². The van der Waals surface area contributed by atoms with E-state index in [2.05, 4.69) is 194 Å². The molecule has 0 aliphatic rings. The summed E-state index contributed by atoms with van der Waals surface area (Å²) in [6.45, 7) is -4.57. The van der Waals surface area contributed by atoms with E-state index in [4.69, 9.17) is 12.6 Å². The van der Waals surface area contributed by atoms with Crippen molar-refractivity contribution in [3.63, 3.8) is 0 Å². The summed E-state index contributed by atoms with van der Waals surface area (Å²) in [5.41, 5.74) is 4.78. The second-order valence-electron chi connectivity index (χ2n) is 11.6. The summed E-state index contributed by atoms with van der Waals surface area (Å²) in [7, 11) is 0. The van der Waals surface area contributed by atoms with Gasteiger partial charge in [-0.1, -0.05) is 182 Å². The van der Waals surface area contributed by atoms with E-state index < -0.39 is 13.8 Å². The molecule has 0 amide bonds. The number of hydrogen-bond donors (Lipinski definition) is 0. The van der Waals surface area contributed by atoms with Gasteiger partial charge in [-0.3, -0.25) is 0 Å². The highest BCUT2D eigenvalue weighted by atomic mass is 31.2. The summed E-state index contributed by atoms with van der Waals surface area (Å²) in [6.07, 6.45) is 10.3. The summed E-state index contributed by atoms with van der Waals surface area (Å²) < 4.78 is 0. The van der Waals surface area contributed by atoms with Gasteiger partial charge in [0, 0.05) is 0 Å². The average Bonchev–Trinajstić information content (AvgIpc) is 3.16. The minimum absolute atomic E-state index is 1.18. The van der Waals surface area contributed by atoms with Crippen LogP contribution >= 0.6 is 13.8 Å². The minimum atomic E-state index is -2.28. The molecular weight excluding hydrogens is 590 g/mol. The van der Waals surface area contributed by atoms with Gasteiger partial charge in [0.15, 0.2) is 0 Å². The lowest BCUT2D eigenvalue weighted by atomic mass is 9.99. The standard InChI is InChI=1S/C44H36P2/c1-45(39-23-10-4-11-24-39,40-25-12-5-13-26-40)43-32-38(37-22-18-21-36(31-37)35-19-8-3-9-20-35)33-44(34-43)46(2,41-27-14-6-15-28-41)42-29-16-7-17-30-42/h3-34H,1-2H2. The molecule has 0 atom stereocenters. The largest absolute Gasteiger partial charge is 0.0887 e. The third-order valence-electron chi connectivity index (χ3n) is 8.87. The highest BCUT2D eigenvalue weighted by Gasteiger charge is 2.28. The van der Waals surface area contributed by atoms with E-state index in [0.29, 0.717) is 0 Å². The first-order valence-corrected chi connectivity index (χ1v) is 19.5. The van der Waals surface area contributed by atoms with Gasteiger partial charge in [0.1, 0.15) is 0 Å². The Hall–Kier alpha value is -4.86. The lowest BCUT2D eigenvalue weighted by Gasteiger charge is -2.31. The van der Waals surface area contributed by atoms with Gasteiger partial charge >= 0.3 is 0 Å². The van der Waals surface area contributed by atoms with E-state index in [0.717, 1.165) is 0 Å². The fraction of sp³-hybridized carbons (Fsp3) is 0. The molecule has 0 saturated carbocycles. The van der Waals surface area contributed by atoms with Gasteiger partial charge in [0.05, 0.1) is 0 Å². The van der Waals surface area contributed by atoms with E-state index in [1.807, 2.05) is 0 Å². The van der Waals surface area contributed by atoms with E-state index >= 15 is 0 Å². The molecule has 0 fully saturated rings. The maximum Gasteiger partial charge on any atom is -0.0153 e. The second kappa shape index (κ2) is 12.9. The fourth-order valence-corrected chi connectivity index (χ4v) is 12.4. The van der Waals surface area contributed by atoms with Crippen molar-refractivity contribution in [3.05, 3.63) is 194 Å². The van der Waals surface area contributed by atoms with Gasteiger partial charge in [-0.2, -0.15) is 0 Å². The molecule has 0 bridgehead atoms.